The van der Waals surface area contributed by atoms with Gasteiger partial charge in [0.05, 0.1) is 11.3 Å². The highest BCUT2D eigenvalue weighted by Gasteiger charge is 2.30. The number of aromatic nitrogens is 2. The lowest BCUT2D eigenvalue weighted by Crippen LogP contribution is -2.39. The predicted octanol–water partition coefficient (Wildman–Crippen LogP) is 4.23. The van der Waals surface area contributed by atoms with Gasteiger partial charge < -0.3 is 9.80 Å². The van der Waals surface area contributed by atoms with E-state index in [1.165, 1.54) is 44.5 Å². The summed E-state index contributed by atoms with van der Waals surface area (Å²) < 4.78 is 38.1. The average molecular weight is 376 g/mol. The largest absolute Gasteiger partial charge is 0.416 e. The van der Waals surface area contributed by atoms with E-state index in [1.54, 1.807) is 0 Å². The summed E-state index contributed by atoms with van der Waals surface area (Å²) in [6, 6.07) is 9.29. The van der Waals surface area contributed by atoms with Gasteiger partial charge in [-0.1, -0.05) is 12.1 Å². The van der Waals surface area contributed by atoms with Crippen molar-refractivity contribution in [2.45, 2.75) is 37.9 Å². The molecule has 0 N–H and O–H groups in total. The van der Waals surface area contributed by atoms with Crippen molar-refractivity contribution in [1.82, 2.24) is 15.1 Å². The summed E-state index contributed by atoms with van der Waals surface area (Å²) in [4.78, 5) is 4.84. The summed E-state index contributed by atoms with van der Waals surface area (Å²) in [5.41, 5.74) is 0.567. The second-order valence-corrected chi connectivity index (χ2v) is 7.35. The molecule has 0 saturated carbocycles. The first-order chi connectivity index (χ1) is 13.0. The topological polar surface area (TPSA) is 32.3 Å². The van der Waals surface area contributed by atoms with Crippen LogP contribution in [0.3, 0.4) is 0 Å². The number of benzene rings is 1. The highest BCUT2D eigenvalue weighted by molar-refractivity contribution is 5.60. The number of rotatable bonds is 4. The maximum Gasteiger partial charge on any atom is 0.416 e. The summed E-state index contributed by atoms with van der Waals surface area (Å²) in [5, 5.41) is 8.63. The Kier molecular flexibility index (Phi) is 5.04. The van der Waals surface area contributed by atoms with Crippen molar-refractivity contribution >= 4 is 5.82 Å². The maximum atomic E-state index is 12.7. The van der Waals surface area contributed by atoms with Crippen LogP contribution in [0.15, 0.2) is 36.4 Å². The van der Waals surface area contributed by atoms with Crippen LogP contribution in [0.1, 0.15) is 31.2 Å². The third kappa shape index (κ3) is 4.08. The third-order valence-electron chi connectivity index (χ3n) is 5.50. The molecule has 2 fully saturated rings. The first kappa shape index (κ1) is 18.2. The van der Waals surface area contributed by atoms with E-state index in [2.05, 4.69) is 20.0 Å². The van der Waals surface area contributed by atoms with Crippen LogP contribution >= 0.6 is 0 Å². The fraction of sp³-hybridized carbons (Fsp3) is 0.500. The van der Waals surface area contributed by atoms with Crippen LogP contribution in [-0.2, 0) is 6.18 Å². The molecule has 0 radical (unpaired) electrons. The van der Waals surface area contributed by atoms with E-state index in [-0.39, 0.29) is 0 Å². The van der Waals surface area contributed by atoms with Crippen LogP contribution in [0.5, 0.6) is 0 Å². The van der Waals surface area contributed by atoms with Gasteiger partial charge in [-0.3, -0.25) is 0 Å². The molecule has 2 saturated heterocycles. The van der Waals surface area contributed by atoms with Crippen LogP contribution in [-0.4, -0.2) is 47.3 Å². The van der Waals surface area contributed by atoms with Gasteiger partial charge in [0.15, 0.2) is 5.82 Å². The molecule has 0 bridgehead atoms. The zero-order chi connectivity index (χ0) is 18.9. The fourth-order valence-corrected chi connectivity index (χ4v) is 4.05. The minimum absolute atomic E-state index is 0.467. The van der Waals surface area contributed by atoms with Crippen molar-refractivity contribution in [3.8, 4) is 11.3 Å². The molecule has 0 spiro atoms. The van der Waals surface area contributed by atoms with Gasteiger partial charge in [-0.25, -0.2) is 0 Å². The summed E-state index contributed by atoms with van der Waals surface area (Å²) >= 11 is 0. The van der Waals surface area contributed by atoms with Gasteiger partial charge in [0.25, 0.3) is 0 Å². The van der Waals surface area contributed by atoms with Gasteiger partial charge in [0, 0.05) is 24.7 Å². The van der Waals surface area contributed by atoms with E-state index in [9.17, 15) is 13.2 Å². The van der Waals surface area contributed by atoms with Crippen LogP contribution in [0.25, 0.3) is 11.3 Å². The van der Waals surface area contributed by atoms with Crippen molar-refractivity contribution in [2.24, 2.45) is 0 Å². The number of halogens is 3. The Morgan fingerprint density at radius 1 is 0.889 bits per heavy atom. The molecule has 3 heterocycles. The number of nitrogens with zero attached hydrogens (tertiary/aromatic N) is 4. The lowest BCUT2D eigenvalue weighted by Gasteiger charge is -2.29. The van der Waals surface area contributed by atoms with Gasteiger partial charge in [-0.2, -0.15) is 13.2 Å². The molecular weight excluding hydrogens is 353 g/mol. The number of alkyl halides is 3. The van der Waals surface area contributed by atoms with Crippen molar-refractivity contribution in [3.63, 3.8) is 0 Å². The Balaban J connectivity index is 1.46. The zero-order valence-corrected chi connectivity index (χ0v) is 15.1. The highest BCUT2D eigenvalue weighted by Crippen LogP contribution is 2.31. The molecule has 4 rings (SSSR count). The molecule has 27 heavy (non-hydrogen) atoms. The molecule has 144 valence electrons. The highest BCUT2D eigenvalue weighted by atomic mass is 19.4. The molecule has 1 atom stereocenters. The summed E-state index contributed by atoms with van der Waals surface area (Å²) in [6.45, 7) is 4.42. The minimum Gasteiger partial charge on any atom is -0.351 e. The van der Waals surface area contributed by atoms with Crippen LogP contribution in [0, 0.1) is 0 Å². The fourth-order valence-electron chi connectivity index (χ4n) is 4.05. The van der Waals surface area contributed by atoms with Crippen molar-refractivity contribution in [3.05, 3.63) is 42.0 Å². The lowest BCUT2D eigenvalue weighted by molar-refractivity contribution is -0.137. The SMILES string of the molecule is FC(F)(F)c1ccc(-c2ccc(N3CCCC3CN3CCCC3)nn2)cc1. The minimum atomic E-state index is -4.33. The van der Waals surface area contributed by atoms with Gasteiger partial charge in [0.2, 0.25) is 0 Å². The zero-order valence-electron chi connectivity index (χ0n) is 15.1. The van der Waals surface area contributed by atoms with Crippen LogP contribution in [0.2, 0.25) is 0 Å². The van der Waals surface area contributed by atoms with Crippen LogP contribution in [0.4, 0.5) is 19.0 Å². The second kappa shape index (κ2) is 7.46. The standard InChI is InChI=1S/C20H23F3N4/c21-20(22,23)16-7-5-15(6-8-16)18-9-10-19(25-24-18)27-13-3-4-17(27)14-26-11-1-2-12-26/h5-10,17H,1-4,11-14H2. The molecule has 2 aromatic rings. The molecule has 7 heteroatoms. The summed E-state index contributed by atoms with van der Waals surface area (Å²) in [5.74, 6) is 0.854. The summed E-state index contributed by atoms with van der Waals surface area (Å²) in [7, 11) is 0. The van der Waals surface area contributed by atoms with Gasteiger partial charge in [-0.05, 0) is 63.0 Å². The molecule has 1 unspecified atom stereocenters. The molecular formula is C20H23F3N4. The summed E-state index contributed by atoms with van der Waals surface area (Å²) in [6.07, 6.45) is 0.566. The number of likely N-dealkylation sites (tertiary alicyclic amines) is 1. The average Bonchev–Trinajstić information content (AvgIpc) is 3.34. The maximum absolute atomic E-state index is 12.7. The Hall–Kier alpha value is -2.15. The number of hydrogen-bond donors (Lipinski definition) is 0. The van der Waals surface area contributed by atoms with E-state index in [0.717, 1.165) is 37.5 Å². The molecule has 0 amide bonds. The monoisotopic (exact) mass is 376 g/mol. The Labute approximate surface area is 157 Å². The number of hydrogen-bond acceptors (Lipinski definition) is 4. The van der Waals surface area contributed by atoms with Crippen LogP contribution < -0.4 is 4.90 Å². The lowest BCUT2D eigenvalue weighted by atomic mass is 10.1. The first-order valence-electron chi connectivity index (χ1n) is 9.51. The van der Waals surface area contributed by atoms with Gasteiger partial charge >= 0.3 is 6.18 Å². The molecule has 4 nitrogen and oxygen atoms in total. The Bertz CT molecular complexity index is 752. The number of anilines is 1. The third-order valence-corrected chi connectivity index (χ3v) is 5.50. The normalized spacial score (nSPS) is 21.1. The van der Waals surface area contributed by atoms with E-state index in [0.29, 0.717) is 17.3 Å². The molecule has 1 aromatic heterocycles. The molecule has 2 aliphatic heterocycles. The first-order valence-corrected chi connectivity index (χ1v) is 9.51. The molecule has 1 aromatic carbocycles. The van der Waals surface area contributed by atoms with Crippen molar-refractivity contribution in [1.29, 1.82) is 0 Å². The molecule has 0 aliphatic carbocycles. The quantitative estimate of drug-likeness (QED) is 0.800. The van der Waals surface area contributed by atoms with E-state index >= 15 is 0 Å². The van der Waals surface area contributed by atoms with Crippen molar-refractivity contribution < 1.29 is 13.2 Å². The van der Waals surface area contributed by atoms with Crippen molar-refractivity contribution in [2.75, 3.05) is 31.1 Å². The van der Waals surface area contributed by atoms with Gasteiger partial charge in [0.1, 0.15) is 0 Å². The predicted molar refractivity (Wildman–Crippen MR) is 98.5 cm³/mol. The van der Waals surface area contributed by atoms with E-state index in [1.807, 2.05) is 12.1 Å². The second-order valence-electron chi connectivity index (χ2n) is 7.35. The Morgan fingerprint density at radius 3 is 2.26 bits per heavy atom. The van der Waals surface area contributed by atoms with E-state index in [4.69, 9.17) is 0 Å². The molecule has 2 aliphatic rings. The Morgan fingerprint density at radius 2 is 1.63 bits per heavy atom. The van der Waals surface area contributed by atoms with Gasteiger partial charge in [-0.15, -0.1) is 10.2 Å². The smallest absolute Gasteiger partial charge is 0.351 e. The van der Waals surface area contributed by atoms with E-state index < -0.39 is 11.7 Å².